The molecular formula is C16H18ClN3O. The summed E-state index contributed by atoms with van der Waals surface area (Å²) in [7, 11) is 0. The van der Waals surface area contributed by atoms with Gasteiger partial charge in [-0.3, -0.25) is 4.90 Å². The lowest BCUT2D eigenvalue weighted by molar-refractivity contribution is 0.302. The Morgan fingerprint density at radius 1 is 1.19 bits per heavy atom. The normalized spacial score (nSPS) is 25.4. The van der Waals surface area contributed by atoms with Crippen LogP contribution in [0.4, 0.5) is 0 Å². The van der Waals surface area contributed by atoms with Crippen molar-refractivity contribution >= 4 is 11.6 Å². The summed E-state index contributed by atoms with van der Waals surface area (Å²) >= 11 is 5.90. The van der Waals surface area contributed by atoms with Gasteiger partial charge in [-0.2, -0.15) is 0 Å². The highest BCUT2D eigenvalue weighted by atomic mass is 35.5. The highest BCUT2D eigenvalue weighted by Crippen LogP contribution is 2.28. The van der Waals surface area contributed by atoms with Gasteiger partial charge in [-0.15, -0.1) is 0 Å². The van der Waals surface area contributed by atoms with Gasteiger partial charge in [-0.25, -0.2) is 4.98 Å². The van der Waals surface area contributed by atoms with Crippen LogP contribution in [0.5, 0.6) is 0 Å². The lowest BCUT2D eigenvalue weighted by Gasteiger charge is -2.14. The molecule has 2 aromatic rings. The summed E-state index contributed by atoms with van der Waals surface area (Å²) in [5, 5.41) is 4.19. The molecule has 4 nitrogen and oxygen atoms in total. The molecule has 0 radical (unpaired) electrons. The first kappa shape index (κ1) is 13.3. The number of fused-ring (bicyclic) bond motifs is 1. The minimum absolute atomic E-state index is 0.669. The van der Waals surface area contributed by atoms with E-state index >= 15 is 0 Å². The van der Waals surface area contributed by atoms with Gasteiger partial charge in [0.15, 0.2) is 0 Å². The number of halogens is 1. The Kier molecular flexibility index (Phi) is 3.45. The Morgan fingerprint density at radius 3 is 2.62 bits per heavy atom. The number of nitrogens with zero attached hydrogens (tertiary/aromatic N) is 2. The minimum atomic E-state index is 0.669. The van der Waals surface area contributed by atoms with Gasteiger partial charge in [-0.1, -0.05) is 11.6 Å². The van der Waals surface area contributed by atoms with Crippen LogP contribution >= 0.6 is 11.6 Å². The Balaban J connectivity index is 1.44. The Labute approximate surface area is 129 Å². The summed E-state index contributed by atoms with van der Waals surface area (Å²) in [5.41, 5.74) is 1.97. The zero-order valence-corrected chi connectivity index (χ0v) is 12.5. The van der Waals surface area contributed by atoms with E-state index in [0.717, 1.165) is 47.8 Å². The molecular weight excluding hydrogens is 286 g/mol. The second-order valence-electron chi connectivity index (χ2n) is 6.02. The molecule has 21 heavy (non-hydrogen) atoms. The van der Waals surface area contributed by atoms with E-state index in [4.69, 9.17) is 16.0 Å². The molecule has 1 aromatic heterocycles. The predicted molar refractivity (Wildman–Crippen MR) is 82.1 cm³/mol. The third kappa shape index (κ3) is 2.71. The predicted octanol–water partition coefficient (Wildman–Crippen LogP) is 2.65. The molecule has 2 aliphatic heterocycles. The van der Waals surface area contributed by atoms with Gasteiger partial charge in [0.2, 0.25) is 5.89 Å². The second-order valence-corrected chi connectivity index (χ2v) is 6.46. The number of rotatable bonds is 3. The lowest BCUT2D eigenvalue weighted by atomic mass is 10.0. The van der Waals surface area contributed by atoms with Crippen LogP contribution in [0.25, 0.3) is 11.5 Å². The molecule has 2 atom stereocenters. The minimum Gasteiger partial charge on any atom is -0.444 e. The number of hydrogen-bond donors (Lipinski definition) is 1. The maximum absolute atomic E-state index is 5.90. The van der Waals surface area contributed by atoms with E-state index in [2.05, 4.69) is 15.2 Å². The quantitative estimate of drug-likeness (QED) is 0.946. The van der Waals surface area contributed by atoms with Crippen molar-refractivity contribution in [3.8, 4) is 11.5 Å². The SMILES string of the molecule is Clc1ccc(-c2nc(CN3C[C@H]4CNC[C@H]4C3)co2)cc1. The summed E-state index contributed by atoms with van der Waals surface area (Å²) in [4.78, 5) is 7.09. The van der Waals surface area contributed by atoms with Crippen molar-refractivity contribution in [3.63, 3.8) is 0 Å². The van der Waals surface area contributed by atoms with Gasteiger partial charge in [0.1, 0.15) is 6.26 Å². The van der Waals surface area contributed by atoms with Gasteiger partial charge in [0.25, 0.3) is 0 Å². The van der Waals surface area contributed by atoms with E-state index in [0.29, 0.717) is 5.89 Å². The molecule has 5 heteroatoms. The zero-order chi connectivity index (χ0) is 14.2. The van der Waals surface area contributed by atoms with E-state index in [9.17, 15) is 0 Å². The Bertz CT molecular complexity index is 613. The average Bonchev–Trinajstić information content (AvgIpc) is 3.16. The average molecular weight is 304 g/mol. The summed E-state index contributed by atoms with van der Waals surface area (Å²) in [5.74, 6) is 2.29. The third-order valence-electron chi connectivity index (χ3n) is 4.49. The molecule has 0 amide bonds. The molecule has 2 fully saturated rings. The third-order valence-corrected chi connectivity index (χ3v) is 4.75. The first-order chi connectivity index (χ1) is 10.3. The smallest absolute Gasteiger partial charge is 0.226 e. The molecule has 110 valence electrons. The summed E-state index contributed by atoms with van der Waals surface area (Å²) < 4.78 is 5.60. The standard InChI is InChI=1S/C16H18ClN3O/c17-14-3-1-11(2-4-14)16-19-15(10-21-16)9-20-7-12-5-18-6-13(12)8-20/h1-4,10,12-13,18H,5-9H2/t12-,13+. The largest absolute Gasteiger partial charge is 0.444 e. The number of oxazole rings is 1. The fourth-order valence-electron chi connectivity index (χ4n) is 3.42. The Hall–Kier alpha value is -1.36. The fourth-order valence-corrected chi connectivity index (χ4v) is 3.54. The summed E-state index contributed by atoms with van der Waals surface area (Å²) in [6, 6.07) is 7.58. The van der Waals surface area contributed by atoms with Gasteiger partial charge in [0, 0.05) is 30.2 Å². The van der Waals surface area contributed by atoms with Crippen molar-refractivity contribution in [2.75, 3.05) is 26.2 Å². The van der Waals surface area contributed by atoms with Crippen molar-refractivity contribution in [1.29, 1.82) is 0 Å². The van der Waals surface area contributed by atoms with Crippen LogP contribution in [0.2, 0.25) is 5.02 Å². The molecule has 1 N–H and O–H groups in total. The molecule has 1 aromatic carbocycles. The van der Waals surface area contributed by atoms with Crippen molar-refractivity contribution in [3.05, 3.63) is 41.2 Å². The molecule has 0 unspecified atom stereocenters. The van der Waals surface area contributed by atoms with Crippen LogP contribution in [0.15, 0.2) is 34.9 Å². The van der Waals surface area contributed by atoms with Crippen LogP contribution in [0.3, 0.4) is 0 Å². The highest BCUT2D eigenvalue weighted by molar-refractivity contribution is 6.30. The first-order valence-electron chi connectivity index (χ1n) is 7.41. The van der Waals surface area contributed by atoms with Crippen molar-refractivity contribution in [1.82, 2.24) is 15.2 Å². The number of aromatic nitrogens is 1. The number of hydrogen-bond acceptors (Lipinski definition) is 4. The molecule has 0 spiro atoms. The molecule has 0 bridgehead atoms. The van der Waals surface area contributed by atoms with Gasteiger partial charge in [-0.05, 0) is 49.2 Å². The van der Waals surface area contributed by atoms with Crippen LogP contribution in [-0.4, -0.2) is 36.1 Å². The Morgan fingerprint density at radius 2 is 1.90 bits per heavy atom. The molecule has 0 aliphatic carbocycles. The van der Waals surface area contributed by atoms with E-state index in [1.165, 1.54) is 13.1 Å². The number of likely N-dealkylation sites (tertiary alicyclic amines) is 1. The van der Waals surface area contributed by atoms with E-state index in [1.807, 2.05) is 24.3 Å². The molecule has 3 heterocycles. The molecule has 0 saturated carbocycles. The van der Waals surface area contributed by atoms with Crippen LogP contribution < -0.4 is 5.32 Å². The number of benzene rings is 1. The molecule has 4 rings (SSSR count). The van der Waals surface area contributed by atoms with Crippen molar-refractivity contribution in [2.45, 2.75) is 6.54 Å². The van der Waals surface area contributed by atoms with E-state index < -0.39 is 0 Å². The van der Waals surface area contributed by atoms with Crippen LogP contribution in [-0.2, 0) is 6.54 Å². The maximum atomic E-state index is 5.90. The highest BCUT2D eigenvalue weighted by Gasteiger charge is 2.36. The van der Waals surface area contributed by atoms with Gasteiger partial charge < -0.3 is 9.73 Å². The summed E-state index contributed by atoms with van der Waals surface area (Å²) in [6.07, 6.45) is 1.77. The van der Waals surface area contributed by atoms with Gasteiger partial charge >= 0.3 is 0 Å². The van der Waals surface area contributed by atoms with Crippen molar-refractivity contribution in [2.24, 2.45) is 11.8 Å². The van der Waals surface area contributed by atoms with Gasteiger partial charge in [0.05, 0.1) is 5.69 Å². The van der Waals surface area contributed by atoms with E-state index in [1.54, 1.807) is 6.26 Å². The molecule has 2 saturated heterocycles. The first-order valence-corrected chi connectivity index (χ1v) is 7.79. The lowest BCUT2D eigenvalue weighted by Crippen LogP contribution is -2.25. The topological polar surface area (TPSA) is 41.3 Å². The zero-order valence-electron chi connectivity index (χ0n) is 11.8. The fraction of sp³-hybridized carbons (Fsp3) is 0.438. The van der Waals surface area contributed by atoms with E-state index in [-0.39, 0.29) is 0 Å². The molecule has 2 aliphatic rings. The summed E-state index contributed by atoms with van der Waals surface area (Å²) in [6.45, 7) is 5.54. The second kappa shape index (κ2) is 5.44. The monoisotopic (exact) mass is 303 g/mol. The van der Waals surface area contributed by atoms with Crippen molar-refractivity contribution < 1.29 is 4.42 Å². The maximum Gasteiger partial charge on any atom is 0.226 e. The number of nitrogens with one attached hydrogen (secondary N) is 1. The van der Waals surface area contributed by atoms with Crippen LogP contribution in [0, 0.1) is 11.8 Å². The van der Waals surface area contributed by atoms with Crippen LogP contribution in [0.1, 0.15) is 5.69 Å².